The van der Waals surface area contributed by atoms with Crippen LogP contribution in [0.4, 0.5) is 21.7 Å². The highest BCUT2D eigenvalue weighted by Gasteiger charge is 2.06. The molecule has 0 radical (unpaired) electrons. The molecule has 2 aromatic rings. The minimum atomic E-state index is -0.338. The fraction of sp³-hybridized carbons (Fsp3) is 0.231. The van der Waals surface area contributed by atoms with E-state index in [1.807, 2.05) is 0 Å². The fourth-order valence-electron chi connectivity index (χ4n) is 1.60. The third kappa shape index (κ3) is 3.64. The summed E-state index contributed by atoms with van der Waals surface area (Å²) in [6, 6.07) is 6.51. The first-order chi connectivity index (χ1) is 9.62. The first kappa shape index (κ1) is 14.7. The van der Waals surface area contributed by atoms with Gasteiger partial charge in [-0.1, -0.05) is 0 Å². The van der Waals surface area contributed by atoms with Crippen LogP contribution in [0.2, 0.25) is 0 Å². The lowest BCUT2D eigenvalue weighted by molar-refractivity contribution is 0.178. The number of rotatable bonds is 5. The summed E-state index contributed by atoms with van der Waals surface area (Å²) in [5.41, 5.74) is 0.606. The maximum absolute atomic E-state index is 13.5. The number of hydrogen-bond donors (Lipinski definition) is 2. The molecule has 1 heterocycles. The Bertz CT molecular complexity index is 609. The third-order valence-corrected chi connectivity index (χ3v) is 3.14. The van der Waals surface area contributed by atoms with E-state index in [2.05, 4.69) is 36.5 Å². The lowest BCUT2D eigenvalue weighted by Crippen LogP contribution is -2.04. The molecule has 1 aromatic heterocycles. The molecule has 0 saturated heterocycles. The average molecular weight is 341 g/mol. The first-order valence-corrected chi connectivity index (χ1v) is 6.68. The van der Waals surface area contributed by atoms with E-state index in [0.29, 0.717) is 34.2 Å². The molecule has 0 aliphatic carbocycles. The summed E-state index contributed by atoms with van der Waals surface area (Å²) in [6.45, 7) is 0.304. The second-order valence-corrected chi connectivity index (χ2v) is 4.85. The predicted octanol–water partition coefficient (Wildman–Crippen LogP) is 3.31. The number of anilines is 3. The number of nitrogens with zero attached hydrogens (tertiary/aromatic N) is 2. The van der Waals surface area contributed by atoms with Crippen LogP contribution in [0, 0.1) is 5.82 Å². The van der Waals surface area contributed by atoms with Crippen molar-refractivity contribution < 1.29 is 9.13 Å². The highest BCUT2D eigenvalue weighted by molar-refractivity contribution is 9.10. The summed E-state index contributed by atoms with van der Waals surface area (Å²) in [5, 5.41) is 5.98. The molecule has 20 heavy (non-hydrogen) atoms. The van der Waals surface area contributed by atoms with Crippen molar-refractivity contribution in [3.8, 4) is 0 Å². The van der Waals surface area contributed by atoms with Gasteiger partial charge in [0, 0.05) is 25.9 Å². The standard InChI is InChI=1S/C13H14BrFN4O/c1-16-11-6-12(19-13(18-11)7-20-2)17-8-3-4-9(14)10(15)5-8/h3-6H,7H2,1-2H3,(H2,16,17,18,19). The molecule has 0 spiro atoms. The van der Waals surface area contributed by atoms with E-state index in [1.54, 1.807) is 32.4 Å². The monoisotopic (exact) mass is 340 g/mol. The normalized spacial score (nSPS) is 10.4. The van der Waals surface area contributed by atoms with Gasteiger partial charge in [-0.2, -0.15) is 0 Å². The summed E-state index contributed by atoms with van der Waals surface area (Å²) < 4.78 is 18.9. The van der Waals surface area contributed by atoms with Crippen molar-refractivity contribution in [2.24, 2.45) is 0 Å². The Balaban J connectivity index is 2.27. The molecule has 106 valence electrons. The van der Waals surface area contributed by atoms with Crippen LogP contribution >= 0.6 is 15.9 Å². The van der Waals surface area contributed by atoms with E-state index in [0.717, 1.165) is 0 Å². The molecular weight excluding hydrogens is 327 g/mol. The van der Waals surface area contributed by atoms with Gasteiger partial charge in [0.05, 0.1) is 4.47 Å². The molecule has 2 rings (SSSR count). The van der Waals surface area contributed by atoms with Crippen molar-refractivity contribution in [2.45, 2.75) is 6.61 Å². The number of benzene rings is 1. The van der Waals surface area contributed by atoms with Crippen molar-refractivity contribution in [2.75, 3.05) is 24.8 Å². The second-order valence-electron chi connectivity index (χ2n) is 3.99. The van der Waals surface area contributed by atoms with E-state index in [-0.39, 0.29) is 5.82 Å². The van der Waals surface area contributed by atoms with E-state index in [9.17, 15) is 4.39 Å². The van der Waals surface area contributed by atoms with Crippen LogP contribution in [0.25, 0.3) is 0 Å². The highest BCUT2D eigenvalue weighted by atomic mass is 79.9. The Labute approximate surface area is 124 Å². The van der Waals surface area contributed by atoms with Crippen molar-refractivity contribution in [3.05, 3.63) is 40.4 Å². The third-order valence-electron chi connectivity index (χ3n) is 2.49. The molecule has 7 heteroatoms. The molecular formula is C13H14BrFN4O. The van der Waals surface area contributed by atoms with Gasteiger partial charge in [-0.3, -0.25) is 0 Å². The molecule has 5 nitrogen and oxygen atoms in total. The Kier molecular flexibility index (Phi) is 4.86. The average Bonchev–Trinajstić information content (AvgIpc) is 2.43. The largest absolute Gasteiger partial charge is 0.377 e. The van der Waals surface area contributed by atoms with Crippen molar-refractivity contribution >= 4 is 33.3 Å². The number of halogens is 2. The minimum Gasteiger partial charge on any atom is -0.377 e. The van der Waals surface area contributed by atoms with Crippen molar-refractivity contribution in [1.29, 1.82) is 0 Å². The van der Waals surface area contributed by atoms with Crippen LogP contribution < -0.4 is 10.6 Å². The van der Waals surface area contributed by atoms with Gasteiger partial charge in [0.2, 0.25) is 0 Å². The molecule has 0 saturated carbocycles. The Morgan fingerprint density at radius 3 is 2.65 bits per heavy atom. The summed E-state index contributed by atoms with van der Waals surface area (Å²) in [5.74, 6) is 1.43. The van der Waals surface area contributed by atoms with Gasteiger partial charge in [0.15, 0.2) is 5.82 Å². The van der Waals surface area contributed by atoms with E-state index in [4.69, 9.17) is 4.74 Å². The summed E-state index contributed by atoms with van der Waals surface area (Å²) in [4.78, 5) is 8.54. The SMILES string of the molecule is CNc1cc(Nc2ccc(Br)c(F)c2)nc(COC)n1. The Morgan fingerprint density at radius 1 is 1.25 bits per heavy atom. The minimum absolute atomic E-state index is 0.304. The van der Waals surface area contributed by atoms with Crippen LogP contribution in [-0.4, -0.2) is 24.1 Å². The zero-order chi connectivity index (χ0) is 14.5. The van der Waals surface area contributed by atoms with Gasteiger partial charge in [0.1, 0.15) is 24.1 Å². The van der Waals surface area contributed by atoms with Crippen LogP contribution in [-0.2, 0) is 11.3 Å². The molecule has 2 N–H and O–H groups in total. The smallest absolute Gasteiger partial charge is 0.158 e. The van der Waals surface area contributed by atoms with Crippen LogP contribution in [0.3, 0.4) is 0 Å². The van der Waals surface area contributed by atoms with E-state index >= 15 is 0 Å². The molecule has 0 aliphatic rings. The highest BCUT2D eigenvalue weighted by Crippen LogP contribution is 2.22. The first-order valence-electron chi connectivity index (χ1n) is 5.89. The molecule has 0 bridgehead atoms. The van der Waals surface area contributed by atoms with E-state index in [1.165, 1.54) is 6.07 Å². The van der Waals surface area contributed by atoms with Gasteiger partial charge in [0.25, 0.3) is 0 Å². The molecule has 0 amide bonds. The molecule has 0 atom stereocenters. The maximum Gasteiger partial charge on any atom is 0.158 e. The zero-order valence-corrected chi connectivity index (χ0v) is 12.7. The Hall–Kier alpha value is -1.73. The van der Waals surface area contributed by atoms with Crippen LogP contribution in [0.15, 0.2) is 28.7 Å². The van der Waals surface area contributed by atoms with Gasteiger partial charge >= 0.3 is 0 Å². The molecule has 0 unspecified atom stereocenters. The zero-order valence-electron chi connectivity index (χ0n) is 11.1. The molecule has 0 fully saturated rings. The van der Waals surface area contributed by atoms with Gasteiger partial charge in [-0.25, -0.2) is 14.4 Å². The Morgan fingerprint density at radius 2 is 2.00 bits per heavy atom. The predicted molar refractivity (Wildman–Crippen MR) is 79.7 cm³/mol. The number of aromatic nitrogens is 2. The summed E-state index contributed by atoms with van der Waals surface area (Å²) in [6.07, 6.45) is 0. The topological polar surface area (TPSA) is 59.1 Å². The number of methoxy groups -OCH3 is 1. The van der Waals surface area contributed by atoms with E-state index < -0.39 is 0 Å². The number of nitrogens with one attached hydrogen (secondary N) is 2. The second kappa shape index (κ2) is 6.62. The molecule has 0 aliphatic heterocycles. The van der Waals surface area contributed by atoms with Crippen LogP contribution in [0.1, 0.15) is 5.82 Å². The van der Waals surface area contributed by atoms with Gasteiger partial charge in [-0.15, -0.1) is 0 Å². The van der Waals surface area contributed by atoms with Crippen molar-refractivity contribution in [1.82, 2.24) is 9.97 Å². The fourth-order valence-corrected chi connectivity index (χ4v) is 1.85. The number of hydrogen-bond acceptors (Lipinski definition) is 5. The quantitative estimate of drug-likeness (QED) is 0.874. The summed E-state index contributed by atoms with van der Waals surface area (Å²) >= 11 is 3.11. The van der Waals surface area contributed by atoms with Crippen LogP contribution in [0.5, 0.6) is 0 Å². The van der Waals surface area contributed by atoms with Gasteiger partial charge < -0.3 is 15.4 Å². The lowest BCUT2D eigenvalue weighted by Gasteiger charge is -2.10. The maximum atomic E-state index is 13.5. The van der Waals surface area contributed by atoms with Gasteiger partial charge in [-0.05, 0) is 34.1 Å². The summed E-state index contributed by atoms with van der Waals surface area (Å²) in [7, 11) is 3.34. The lowest BCUT2D eigenvalue weighted by atomic mass is 10.3. The van der Waals surface area contributed by atoms with Crippen molar-refractivity contribution in [3.63, 3.8) is 0 Å². The number of ether oxygens (including phenoxy) is 1. The molecule has 1 aromatic carbocycles.